The lowest BCUT2D eigenvalue weighted by Crippen LogP contribution is -2.55. The molecule has 0 spiro atoms. The Labute approximate surface area is 212 Å². The average Bonchev–Trinajstić information content (AvgIpc) is 3.45. The Morgan fingerprint density at radius 2 is 2.03 bits per heavy atom. The van der Waals surface area contributed by atoms with Crippen LogP contribution in [0.2, 0.25) is 0 Å². The van der Waals surface area contributed by atoms with Crippen molar-refractivity contribution in [1.82, 2.24) is 34.7 Å². The first-order valence-corrected chi connectivity index (χ1v) is 12.4. The van der Waals surface area contributed by atoms with Gasteiger partial charge in [-0.05, 0) is 80.6 Å². The fourth-order valence-corrected chi connectivity index (χ4v) is 5.64. The summed E-state index contributed by atoms with van der Waals surface area (Å²) in [5.41, 5.74) is 0.0544. The molecule has 2 fully saturated rings. The molecule has 0 bridgehead atoms. The topological polar surface area (TPSA) is 126 Å². The molecule has 198 valence electrons. The molecule has 2 aliphatic heterocycles. The Morgan fingerprint density at radius 3 is 2.76 bits per heavy atom. The van der Waals surface area contributed by atoms with Gasteiger partial charge in [-0.3, -0.25) is 4.90 Å². The van der Waals surface area contributed by atoms with Crippen molar-refractivity contribution < 1.29 is 13.9 Å². The highest BCUT2D eigenvalue weighted by Gasteiger charge is 2.43. The van der Waals surface area contributed by atoms with Crippen molar-refractivity contribution >= 4 is 17.5 Å². The number of halogens is 2. The molecule has 0 unspecified atom stereocenters. The SMILES string of the molecule is Cn1nnn(-c2cc(Nc3ncc(F)c(N[C@@H]4C[C@@H]5CCCN5C(C)(C)C4)n3)c(F)cc2CCO)c1=O. The molecular formula is C24H31F2N9O2. The van der Waals surface area contributed by atoms with Crippen LogP contribution in [0.25, 0.3) is 5.69 Å². The second kappa shape index (κ2) is 9.78. The molecule has 2 aliphatic rings. The minimum Gasteiger partial charge on any atom is -0.396 e. The number of aliphatic hydroxyl groups excluding tert-OH is 1. The van der Waals surface area contributed by atoms with Crippen LogP contribution in [0.4, 0.5) is 26.2 Å². The van der Waals surface area contributed by atoms with Gasteiger partial charge >= 0.3 is 5.69 Å². The number of aliphatic hydroxyl groups is 1. The Balaban J connectivity index is 1.41. The lowest BCUT2D eigenvalue weighted by Gasteiger charge is -2.47. The second-order valence-electron chi connectivity index (χ2n) is 10.3. The Hall–Kier alpha value is -3.45. The molecular weight excluding hydrogens is 484 g/mol. The molecule has 0 radical (unpaired) electrons. The van der Waals surface area contributed by atoms with Crippen LogP contribution in [0.5, 0.6) is 0 Å². The molecule has 37 heavy (non-hydrogen) atoms. The van der Waals surface area contributed by atoms with Gasteiger partial charge in [0.25, 0.3) is 0 Å². The van der Waals surface area contributed by atoms with E-state index in [2.05, 4.69) is 49.8 Å². The number of aromatic nitrogens is 6. The van der Waals surface area contributed by atoms with E-state index in [0.29, 0.717) is 11.6 Å². The predicted octanol–water partition coefficient (Wildman–Crippen LogP) is 2.13. The molecule has 0 amide bonds. The average molecular weight is 516 g/mol. The van der Waals surface area contributed by atoms with Crippen LogP contribution in [0.3, 0.4) is 0 Å². The third-order valence-electron chi connectivity index (χ3n) is 7.29. The van der Waals surface area contributed by atoms with E-state index < -0.39 is 17.3 Å². The van der Waals surface area contributed by atoms with Crippen molar-refractivity contribution in [3.63, 3.8) is 0 Å². The molecule has 11 nitrogen and oxygen atoms in total. The summed E-state index contributed by atoms with van der Waals surface area (Å²) in [7, 11) is 1.44. The molecule has 2 atom stereocenters. The van der Waals surface area contributed by atoms with Crippen molar-refractivity contribution in [3.05, 3.63) is 46.0 Å². The van der Waals surface area contributed by atoms with Crippen LogP contribution in [-0.4, -0.2) is 70.5 Å². The molecule has 3 aromatic rings. The number of anilines is 3. The van der Waals surface area contributed by atoms with Gasteiger partial charge in [0.05, 0.1) is 17.6 Å². The quantitative estimate of drug-likeness (QED) is 0.434. The molecule has 13 heteroatoms. The standard InChI is InChI=1S/C24H31F2N9O2/c1-24(2)12-15(10-16-5-4-7-34(16)24)28-21-18(26)13-27-22(30-21)29-19-11-20(14(6-8-36)9-17(19)25)35-23(37)33(3)31-32-35/h9,11,13,15-16,36H,4-8,10,12H2,1-3H3,(H2,27,28,29,30)/t15-,16+/m1/s1. The number of fused-ring (bicyclic) bond motifs is 1. The van der Waals surface area contributed by atoms with Gasteiger partial charge in [0.15, 0.2) is 11.6 Å². The first kappa shape index (κ1) is 25.2. The summed E-state index contributed by atoms with van der Waals surface area (Å²) in [6, 6.07) is 3.07. The van der Waals surface area contributed by atoms with Gasteiger partial charge in [-0.15, -0.1) is 0 Å². The van der Waals surface area contributed by atoms with E-state index in [9.17, 15) is 14.3 Å². The summed E-state index contributed by atoms with van der Waals surface area (Å²) >= 11 is 0. The minimum atomic E-state index is -0.651. The molecule has 1 aromatic carbocycles. The van der Waals surface area contributed by atoms with Gasteiger partial charge < -0.3 is 15.7 Å². The zero-order valence-corrected chi connectivity index (χ0v) is 21.1. The fourth-order valence-electron chi connectivity index (χ4n) is 5.64. The van der Waals surface area contributed by atoms with E-state index in [1.807, 2.05) is 0 Å². The number of aryl methyl sites for hydroxylation is 1. The van der Waals surface area contributed by atoms with Crippen LogP contribution in [0, 0.1) is 11.6 Å². The van der Waals surface area contributed by atoms with Crippen molar-refractivity contribution in [2.45, 2.75) is 63.6 Å². The molecule has 4 heterocycles. The predicted molar refractivity (Wildman–Crippen MR) is 133 cm³/mol. The Bertz CT molecular complexity index is 1360. The zero-order chi connectivity index (χ0) is 26.3. The summed E-state index contributed by atoms with van der Waals surface area (Å²) in [5, 5.41) is 23.0. The first-order chi connectivity index (χ1) is 17.7. The van der Waals surface area contributed by atoms with Gasteiger partial charge in [-0.25, -0.2) is 18.6 Å². The maximum atomic E-state index is 15.0. The van der Waals surface area contributed by atoms with Crippen LogP contribution >= 0.6 is 0 Å². The van der Waals surface area contributed by atoms with E-state index in [1.54, 1.807) is 0 Å². The molecule has 5 rings (SSSR count). The van der Waals surface area contributed by atoms with Gasteiger partial charge in [-0.2, -0.15) is 14.3 Å². The number of rotatable bonds is 7. The van der Waals surface area contributed by atoms with Crippen LogP contribution < -0.4 is 16.3 Å². The number of hydrogen-bond donors (Lipinski definition) is 3. The van der Waals surface area contributed by atoms with E-state index in [1.165, 1.54) is 25.6 Å². The van der Waals surface area contributed by atoms with Gasteiger partial charge in [0, 0.05) is 31.3 Å². The number of piperidine rings is 1. The third kappa shape index (κ3) is 4.92. The van der Waals surface area contributed by atoms with Crippen LogP contribution in [0.1, 0.15) is 45.1 Å². The largest absolute Gasteiger partial charge is 0.396 e. The van der Waals surface area contributed by atoms with Crippen molar-refractivity contribution in [3.8, 4) is 5.69 Å². The smallest absolute Gasteiger partial charge is 0.368 e. The number of nitrogens with zero attached hydrogens (tertiary/aromatic N) is 7. The maximum absolute atomic E-state index is 15.0. The zero-order valence-electron chi connectivity index (χ0n) is 21.1. The van der Waals surface area contributed by atoms with Crippen LogP contribution in [0.15, 0.2) is 23.1 Å². The number of benzene rings is 1. The molecule has 0 saturated carbocycles. The highest BCUT2D eigenvalue weighted by molar-refractivity contribution is 5.61. The monoisotopic (exact) mass is 515 g/mol. The van der Waals surface area contributed by atoms with Crippen molar-refractivity contribution in [2.75, 3.05) is 23.8 Å². The van der Waals surface area contributed by atoms with Gasteiger partial charge in [-0.1, -0.05) is 0 Å². The van der Waals surface area contributed by atoms with Crippen LogP contribution in [-0.2, 0) is 13.5 Å². The minimum absolute atomic E-state index is 0.00404. The summed E-state index contributed by atoms with van der Waals surface area (Å²) in [5.74, 6) is -1.20. The maximum Gasteiger partial charge on any atom is 0.368 e. The molecule has 0 aliphatic carbocycles. The normalized spacial score (nSPS) is 21.1. The summed E-state index contributed by atoms with van der Waals surface area (Å²) in [6.07, 6.45) is 5.18. The number of tetrazole rings is 1. The lowest BCUT2D eigenvalue weighted by atomic mass is 9.84. The van der Waals surface area contributed by atoms with E-state index in [0.717, 1.165) is 41.4 Å². The first-order valence-electron chi connectivity index (χ1n) is 12.4. The van der Waals surface area contributed by atoms with Crippen molar-refractivity contribution in [1.29, 1.82) is 0 Å². The van der Waals surface area contributed by atoms with E-state index in [-0.39, 0.29) is 47.7 Å². The van der Waals surface area contributed by atoms with E-state index >= 15 is 4.39 Å². The van der Waals surface area contributed by atoms with Gasteiger partial charge in [0.2, 0.25) is 5.95 Å². The van der Waals surface area contributed by atoms with E-state index in [4.69, 9.17) is 0 Å². The highest BCUT2D eigenvalue weighted by atomic mass is 19.1. The Morgan fingerprint density at radius 1 is 1.22 bits per heavy atom. The molecule has 2 saturated heterocycles. The molecule has 3 N–H and O–H groups in total. The lowest BCUT2D eigenvalue weighted by molar-refractivity contribution is 0.0500. The summed E-state index contributed by atoms with van der Waals surface area (Å²) < 4.78 is 31.8. The number of nitrogens with one attached hydrogen (secondary N) is 2. The summed E-state index contributed by atoms with van der Waals surface area (Å²) in [4.78, 5) is 23.2. The summed E-state index contributed by atoms with van der Waals surface area (Å²) in [6.45, 7) is 5.27. The van der Waals surface area contributed by atoms with Gasteiger partial charge in [0.1, 0.15) is 5.82 Å². The third-order valence-corrected chi connectivity index (χ3v) is 7.29. The molecule has 2 aromatic heterocycles. The highest BCUT2D eigenvalue weighted by Crippen LogP contribution is 2.38. The van der Waals surface area contributed by atoms with Crippen molar-refractivity contribution in [2.24, 2.45) is 7.05 Å². The fraction of sp³-hybridized carbons (Fsp3) is 0.542. The second-order valence-corrected chi connectivity index (χ2v) is 10.3. The number of hydrogen-bond acceptors (Lipinski definition) is 9. The Kier molecular flexibility index (Phi) is 6.67.